The maximum Gasteiger partial charge on any atom is 0.291 e. The zero-order valence-electron chi connectivity index (χ0n) is 15.3. The van der Waals surface area contributed by atoms with E-state index in [-0.39, 0.29) is 17.6 Å². The van der Waals surface area contributed by atoms with Crippen LogP contribution in [0.4, 0.5) is 5.69 Å². The number of carbonyl (C=O) groups excluding carboxylic acids is 2. The van der Waals surface area contributed by atoms with Crippen LogP contribution in [0.25, 0.3) is 6.08 Å². The molecule has 3 aromatic carbocycles. The summed E-state index contributed by atoms with van der Waals surface area (Å²) in [4.78, 5) is 24.8. The van der Waals surface area contributed by atoms with E-state index in [1.807, 2.05) is 30.3 Å². The molecular weight excluding hydrogens is 388 g/mol. The van der Waals surface area contributed by atoms with Crippen LogP contribution in [-0.4, -0.2) is 11.8 Å². The Bertz CT molecular complexity index is 1090. The van der Waals surface area contributed by atoms with Gasteiger partial charge in [0.2, 0.25) is 0 Å². The van der Waals surface area contributed by atoms with Gasteiger partial charge in [-0.2, -0.15) is 0 Å². The van der Waals surface area contributed by atoms with Crippen LogP contribution in [-0.2, 0) is 11.3 Å². The van der Waals surface area contributed by atoms with Crippen LogP contribution in [0, 0.1) is 0 Å². The number of fused-ring (bicyclic) bond motifs is 1. The molecule has 5 nitrogen and oxygen atoms in total. The molecule has 0 bridgehead atoms. The molecule has 0 unspecified atom stereocenters. The summed E-state index contributed by atoms with van der Waals surface area (Å²) in [6, 6.07) is 21.6. The lowest BCUT2D eigenvalue weighted by Gasteiger charge is -2.20. The molecule has 2 N–H and O–H groups in total. The van der Waals surface area contributed by atoms with Crippen molar-refractivity contribution < 1.29 is 14.3 Å². The molecule has 1 aliphatic rings. The van der Waals surface area contributed by atoms with Gasteiger partial charge in [-0.1, -0.05) is 54.1 Å². The lowest BCUT2D eigenvalue weighted by molar-refractivity contribution is -0.115. The molecule has 6 heteroatoms. The molecule has 29 heavy (non-hydrogen) atoms. The average Bonchev–Trinajstić information content (AvgIpc) is 2.74. The van der Waals surface area contributed by atoms with Gasteiger partial charge in [-0.3, -0.25) is 9.59 Å². The van der Waals surface area contributed by atoms with E-state index in [9.17, 15) is 9.59 Å². The highest BCUT2D eigenvalue weighted by molar-refractivity contribution is 6.30. The summed E-state index contributed by atoms with van der Waals surface area (Å²) in [5, 5.41) is 6.25. The third kappa shape index (κ3) is 4.47. The molecule has 0 spiro atoms. The van der Waals surface area contributed by atoms with Gasteiger partial charge >= 0.3 is 0 Å². The van der Waals surface area contributed by atoms with Crippen LogP contribution < -0.4 is 15.4 Å². The quantitative estimate of drug-likeness (QED) is 0.622. The second-order valence-electron chi connectivity index (χ2n) is 6.50. The van der Waals surface area contributed by atoms with Gasteiger partial charge in [0.15, 0.2) is 11.5 Å². The minimum Gasteiger partial charge on any atom is -0.449 e. The minimum absolute atomic E-state index is 0.168. The molecule has 0 saturated heterocycles. The number of carbonyl (C=O) groups is 2. The van der Waals surface area contributed by atoms with Crippen LogP contribution in [0.2, 0.25) is 5.02 Å². The summed E-state index contributed by atoms with van der Waals surface area (Å²) in [6.45, 7) is 0.424. The molecule has 0 radical (unpaired) electrons. The lowest BCUT2D eigenvalue weighted by atomic mass is 10.1. The number of nitrogens with one attached hydrogen (secondary N) is 2. The lowest BCUT2D eigenvalue weighted by Crippen LogP contribution is -2.25. The largest absolute Gasteiger partial charge is 0.449 e. The first-order chi connectivity index (χ1) is 14.1. The highest BCUT2D eigenvalue weighted by atomic mass is 35.5. The van der Waals surface area contributed by atoms with Gasteiger partial charge < -0.3 is 15.4 Å². The Morgan fingerprint density at radius 2 is 1.79 bits per heavy atom. The van der Waals surface area contributed by atoms with E-state index in [0.717, 1.165) is 11.1 Å². The van der Waals surface area contributed by atoms with Gasteiger partial charge in [0, 0.05) is 17.1 Å². The molecule has 0 aliphatic carbocycles. The number of anilines is 1. The number of rotatable bonds is 4. The standard InChI is InChI=1S/C23H17ClN2O3/c24-18-9-6-15(7-10-18)12-21-23(28)26-19-13-17(8-11-20(19)29-21)22(27)25-14-16-4-2-1-3-5-16/h1-13H,14H2,(H,25,27)(H,26,28)/b21-12-. The number of hydrogen-bond donors (Lipinski definition) is 2. The Labute approximate surface area is 173 Å². The third-order valence-electron chi connectivity index (χ3n) is 4.40. The van der Waals surface area contributed by atoms with Crippen LogP contribution in [0.3, 0.4) is 0 Å². The van der Waals surface area contributed by atoms with E-state index < -0.39 is 0 Å². The summed E-state index contributed by atoms with van der Waals surface area (Å²) in [6.07, 6.45) is 1.63. The number of halogens is 1. The van der Waals surface area contributed by atoms with Crippen molar-refractivity contribution in [2.75, 3.05) is 5.32 Å². The Morgan fingerprint density at radius 1 is 1.03 bits per heavy atom. The van der Waals surface area contributed by atoms with E-state index >= 15 is 0 Å². The summed E-state index contributed by atoms with van der Waals surface area (Å²) >= 11 is 5.88. The predicted molar refractivity (Wildman–Crippen MR) is 113 cm³/mol. The number of amides is 2. The van der Waals surface area contributed by atoms with Gasteiger partial charge in [0.1, 0.15) is 0 Å². The van der Waals surface area contributed by atoms with Crippen molar-refractivity contribution in [2.24, 2.45) is 0 Å². The van der Waals surface area contributed by atoms with Gasteiger partial charge in [0.05, 0.1) is 5.69 Å². The molecular formula is C23H17ClN2O3. The molecule has 144 valence electrons. The summed E-state index contributed by atoms with van der Waals surface area (Å²) < 4.78 is 5.73. The Kier molecular flexibility index (Phi) is 5.31. The molecule has 0 aromatic heterocycles. The molecule has 1 heterocycles. The SMILES string of the molecule is O=C1Nc2cc(C(=O)NCc3ccccc3)ccc2O/C1=C\c1ccc(Cl)cc1. The molecule has 3 aromatic rings. The van der Waals surface area contributed by atoms with Gasteiger partial charge in [-0.05, 0) is 47.5 Å². The monoisotopic (exact) mass is 404 g/mol. The normalized spacial score (nSPS) is 14.0. The zero-order chi connectivity index (χ0) is 20.2. The van der Waals surface area contributed by atoms with Crippen LogP contribution in [0.5, 0.6) is 5.75 Å². The summed E-state index contributed by atoms with van der Waals surface area (Å²) in [7, 11) is 0. The average molecular weight is 405 g/mol. The van der Waals surface area contributed by atoms with Gasteiger partial charge in [-0.15, -0.1) is 0 Å². The van der Waals surface area contributed by atoms with Crippen molar-refractivity contribution >= 4 is 35.2 Å². The maximum absolute atomic E-state index is 12.4. The van der Waals surface area contributed by atoms with E-state index in [1.165, 1.54) is 0 Å². The van der Waals surface area contributed by atoms with Crippen molar-refractivity contribution in [3.05, 3.63) is 100 Å². The topological polar surface area (TPSA) is 67.4 Å². The second-order valence-corrected chi connectivity index (χ2v) is 6.93. The van der Waals surface area contributed by atoms with Crippen molar-refractivity contribution in [3.63, 3.8) is 0 Å². The fourth-order valence-electron chi connectivity index (χ4n) is 2.89. The summed E-state index contributed by atoms with van der Waals surface area (Å²) in [5.41, 5.74) is 2.69. The Morgan fingerprint density at radius 3 is 2.55 bits per heavy atom. The first-order valence-electron chi connectivity index (χ1n) is 9.01. The van der Waals surface area contributed by atoms with E-state index in [0.29, 0.717) is 28.6 Å². The molecule has 0 saturated carbocycles. The first-order valence-corrected chi connectivity index (χ1v) is 9.39. The van der Waals surface area contributed by atoms with Gasteiger partial charge in [-0.25, -0.2) is 0 Å². The highest BCUT2D eigenvalue weighted by Gasteiger charge is 2.23. The smallest absolute Gasteiger partial charge is 0.291 e. The molecule has 0 atom stereocenters. The fourth-order valence-corrected chi connectivity index (χ4v) is 3.02. The van der Waals surface area contributed by atoms with Crippen LogP contribution >= 0.6 is 11.6 Å². The molecule has 2 amide bonds. The van der Waals surface area contributed by atoms with Crippen molar-refractivity contribution in [1.82, 2.24) is 5.32 Å². The minimum atomic E-state index is -0.380. The van der Waals surface area contributed by atoms with E-state index in [1.54, 1.807) is 48.5 Å². The molecule has 1 aliphatic heterocycles. The third-order valence-corrected chi connectivity index (χ3v) is 4.65. The van der Waals surface area contributed by atoms with Gasteiger partial charge in [0.25, 0.3) is 11.8 Å². The van der Waals surface area contributed by atoms with Crippen molar-refractivity contribution in [2.45, 2.75) is 6.54 Å². The van der Waals surface area contributed by atoms with E-state index in [4.69, 9.17) is 16.3 Å². The zero-order valence-corrected chi connectivity index (χ0v) is 16.1. The molecule has 4 rings (SSSR count). The Hall–Kier alpha value is -3.57. The molecule has 0 fully saturated rings. The van der Waals surface area contributed by atoms with Crippen LogP contribution in [0.15, 0.2) is 78.6 Å². The fraction of sp³-hybridized carbons (Fsp3) is 0.0435. The second kappa shape index (κ2) is 8.20. The maximum atomic E-state index is 12.4. The Balaban J connectivity index is 1.48. The number of ether oxygens (including phenoxy) is 1. The predicted octanol–water partition coefficient (Wildman–Crippen LogP) is 4.64. The first kappa shape index (κ1) is 18.8. The highest BCUT2D eigenvalue weighted by Crippen LogP contribution is 2.32. The van der Waals surface area contributed by atoms with Crippen molar-refractivity contribution in [3.8, 4) is 5.75 Å². The van der Waals surface area contributed by atoms with Crippen LogP contribution in [0.1, 0.15) is 21.5 Å². The number of benzene rings is 3. The number of hydrogen-bond acceptors (Lipinski definition) is 3. The van der Waals surface area contributed by atoms with E-state index in [2.05, 4.69) is 10.6 Å². The van der Waals surface area contributed by atoms with Crippen molar-refractivity contribution in [1.29, 1.82) is 0 Å². The summed E-state index contributed by atoms with van der Waals surface area (Å²) in [5.74, 6) is 0.0354.